The van der Waals surface area contributed by atoms with Gasteiger partial charge in [-0.05, 0) is 65.2 Å². The smallest absolute Gasteiger partial charge is 0.0252 e. The van der Waals surface area contributed by atoms with E-state index in [9.17, 15) is 0 Å². The van der Waals surface area contributed by atoms with Gasteiger partial charge in [-0.15, -0.1) is 0 Å². The molecule has 3 nitrogen and oxygen atoms in total. The zero-order valence-electron chi connectivity index (χ0n) is 14.1. The summed E-state index contributed by atoms with van der Waals surface area (Å²) in [5, 5.41) is 3.76. The summed E-state index contributed by atoms with van der Waals surface area (Å²) in [5.41, 5.74) is 0. The van der Waals surface area contributed by atoms with Gasteiger partial charge in [0.1, 0.15) is 0 Å². The van der Waals surface area contributed by atoms with Gasteiger partial charge in [0.05, 0.1) is 0 Å². The van der Waals surface area contributed by atoms with E-state index in [2.05, 4.69) is 43.1 Å². The fraction of sp³-hybridized carbons (Fsp3) is 1.00. The Labute approximate surface area is 126 Å². The molecule has 20 heavy (non-hydrogen) atoms. The van der Waals surface area contributed by atoms with Crippen LogP contribution in [0.5, 0.6) is 0 Å². The fourth-order valence-electron chi connectivity index (χ4n) is 4.29. The van der Waals surface area contributed by atoms with E-state index in [0.29, 0.717) is 6.04 Å². The van der Waals surface area contributed by atoms with Crippen LogP contribution in [0.4, 0.5) is 0 Å². The largest absolute Gasteiger partial charge is 0.313 e. The van der Waals surface area contributed by atoms with Crippen LogP contribution in [0.3, 0.4) is 0 Å². The van der Waals surface area contributed by atoms with Crippen molar-refractivity contribution in [3.8, 4) is 0 Å². The predicted octanol–water partition coefficient (Wildman–Crippen LogP) is 2.57. The number of piperidine rings is 1. The number of likely N-dealkylation sites (N-methyl/N-ethyl adjacent to an activating group) is 3. The van der Waals surface area contributed by atoms with E-state index in [1.165, 1.54) is 51.6 Å². The molecule has 1 N–H and O–H groups in total. The maximum absolute atomic E-state index is 3.76. The standard InChI is InChI=1S/C17H35N3/c1-5-14-9-10-16(18-6-2)17(12-14)20(4)15-8-7-11-19(3)13-15/h14-18H,5-13H2,1-4H3. The van der Waals surface area contributed by atoms with Gasteiger partial charge in [-0.2, -0.15) is 0 Å². The van der Waals surface area contributed by atoms with E-state index in [1.54, 1.807) is 0 Å². The van der Waals surface area contributed by atoms with Gasteiger partial charge in [-0.25, -0.2) is 0 Å². The van der Waals surface area contributed by atoms with Gasteiger partial charge < -0.3 is 10.2 Å². The van der Waals surface area contributed by atoms with Gasteiger partial charge >= 0.3 is 0 Å². The maximum atomic E-state index is 3.76. The molecule has 4 atom stereocenters. The van der Waals surface area contributed by atoms with Gasteiger partial charge in [0.2, 0.25) is 0 Å². The predicted molar refractivity (Wildman–Crippen MR) is 87.2 cm³/mol. The topological polar surface area (TPSA) is 18.5 Å². The van der Waals surface area contributed by atoms with Crippen LogP contribution in [0.1, 0.15) is 52.4 Å². The van der Waals surface area contributed by atoms with E-state index >= 15 is 0 Å². The molecule has 2 fully saturated rings. The van der Waals surface area contributed by atoms with Crippen molar-refractivity contribution < 1.29 is 0 Å². The molecule has 1 aliphatic heterocycles. The highest BCUT2D eigenvalue weighted by Crippen LogP contribution is 2.31. The maximum Gasteiger partial charge on any atom is 0.0252 e. The van der Waals surface area contributed by atoms with Gasteiger partial charge in [0, 0.05) is 24.7 Å². The van der Waals surface area contributed by atoms with E-state index in [0.717, 1.165) is 24.5 Å². The average molecular weight is 281 g/mol. The second-order valence-electron chi connectivity index (χ2n) is 7.04. The van der Waals surface area contributed by atoms with Crippen LogP contribution in [0, 0.1) is 5.92 Å². The molecule has 0 bridgehead atoms. The molecule has 0 radical (unpaired) electrons. The molecular weight excluding hydrogens is 246 g/mol. The Morgan fingerprint density at radius 3 is 2.65 bits per heavy atom. The zero-order valence-corrected chi connectivity index (χ0v) is 14.1. The summed E-state index contributed by atoms with van der Waals surface area (Å²) < 4.78 is 0. The molecule has 1 saturated heterocycles. The summed E-state index contributed by atoms with van der Waals surface area (Å²) in [4.78, 5) is 5.23. The Morgan fingerprint density at radius 2 is 2.00 bits per heavy atom. The number of likely N-dealkylation sites (tertiary alicyclic amines) is 1. The summed E-state index contributed by atoms with van der Waals surface area (Å²) in [6.07, 6.45) is 8.28. The Kier molecular flexibility index (Phi) is 6.31. The van der Waals surface area contributed by atoms with Crippen LogP contribution in [-0.4, -0.2) is 61.7 Å². The molecule has 2 aliphatic rings. The summed E-state index contributed by atoms with van der Waals surface area (Å²) in [6, 6.07) is 2.21. The van der Waals surface area contributed by atoms with E-state index in [1.807, 2.05) is 0 Å². The van der Waals surface area contributed by atoms with Crippen LogP contribution < -0.4 is 5.32 Å². The van der Waals surface area contributed by atoms with Crippen molar-refractivity contribution in [1.82, 2.24) is 15.1 Å². The third kappa shape index (κ3) is 3.96. The Hall–Kier alpha value is -0.120. The SMILES string of the molecule is CCNC1CCC(CC)CC1N(C)C1CCCN(C)C1. The van der Waals surface area contributed by atoms with Crippen molar-refractivity contribution in [3.63, 3.8) is 0 Å². The Morgan fingerprint density at radius 1 is 1.20 bits per heavy atom. The first-order valence-electron chi connectivity index (χ1n) is 8.79. The molecule has 0 aromatic carbocycles. The summed E-state index contributed by atoms with van der Waals surface area (Å²) in [7, 11) is 4.66. The molecule has 2 rings (SSSR count). The summed E-state index contributed by atoms with van der Waals surface area (Å²) >= 11 is 0. The van der Waals surface area contributed by atoms with Crippen molar-refractivity contribution in [3.05, 3.63) is 0 Å². The second-order valence-corrected chi connectivity index (χ2v) is 7.04. The van der Waals surface area contributed by atoms with Crippen LogP contribution in [0.15, 0.2) is 0 Å². The summed E-state index contributed by atoms with van der Waals surface area (Å²) in [5.74, 6) is 0.943. The lowest BCUT2D eigenvalue weighted by atomic mass is 9.79. The highest BCUT2D eigenvalue weighted by Gasteiger charge is 2.35. The molecule has 0 amide bonds. The first-order chi connectivity index (χ1) is 9.65. The van der Waals surface area contributed by atoms with E-state index in [-0.39, 0.29) is 0 Å². The first-order valence-corrected chi connectivity index (χ1v) is 8.79. The lowest BCUT2D eigenvalue weighted by Gasteiger charge is -2.46. The van der Waals surface area contributed by atoms with Gasteiger partial charge in [-0.3, -0.25) is 4.90 Å². The van der Waals surface area contributed by atoms with Crippen molar-refractivity contribution in [2.75, 3.05) is 33.7 Å². The minimum Gasteiger partial charge on any atom is -0.313 e. The fourth-order valence-corrected chi connectivity index (χ4v) is 4.29. The van der Waals surface area contributed by atoms with Crippen LogP contribution >= 0.6 is 0 Å². The van der Waals surface area contributed by atoms with E-state index in [4.69, 9.17) is 0 Å². The number of nitrogens with one attached hydrogen (secondary N) is 1. The van der Waals surface area contributed by atoms with Gasteiger partial charge in [-0.1, -0.05) is 20.3 Å². The quantitative estimate of drug-likeness (QED) is 0.835. The van der Waals surface area contributed by atoms with Crippen molar-refractivity contribution >= 4 is 0 Å². The Bertz CT molecular complexity index is 281. The molecule has 118 valence electrons. The lowest BCUT2D eigenvalue weighted by molar-refractivity contribution is 0.0494. The summed E-state index contributed by atoms with van der Waals surface area (Å²) in [6.45, 7) is 8.25. The van der Waals surface area contributed by atoms with Gasteiger partial charge in [0.25, 0.3) is 0 Å². The second kappa shape index (κ2) is 7.77. The third-order valence-electron chi connectivity index (χ3n) is 5.67. The average Bonchev–Trinajstić information content (AvgIpc) is 2.47. The molecule has 0 aromatic rings. The highest BCUT2D eigenvalue weighted by molar-refractivity contribution is 4.93. The molecule has 1 heterocycles. The third-order valence-corrected chi connectivity index (χ3v) is 5.67. The van der Waals surface area contributed by atoms with E-state index < -0.39 is 0 Å². The molecular formula is C17H35N3. The minimum atomic E-state index is 0.708. The molecule has 0 spiro atoms. The zero-order chi connectivity index (χ0) is 14.5. The van der Waals surface area contributed by atoms with Gasteiger partial charge in [0.15, 0.2) is 0 Å². The molecule has 3 heteroatoms. The monoisotopic (exact) mass is 281 g/mol. The number of hydrogen-bond donors (Lipinski definition) is 1. The van der Waals surface area contributed by atoms with Crippen molar-refractivity contribution in [2.24, 2.45) is 5.92 Å². The highest BCUT2D eigenvalue weighted by atomic mass is 15.2. The van der Waals surface area contributed by atoms with Crippen LogP contribution in [-0.2, 0) is 0 Å². The number of nitrogens with zero attached hydrogens (tertiary/aromatic N) is 2. The molecule has 1 saturated carbocycles. The molecule has 0 aromatic heterocycles. The molecule has 4 unspecified atom stereocenters. The van der Waals surface area contributed by atoms with Crippen molar-refractivity contribution in [1.29, 1.82) is 0 Å². The first kappa shape index (κ1) is 16.3. The molecule has 1 aliphatic carbocycles. The number of hydrogen-bond acceptors (Lipinski definition) is 3. The Balaban J connectivity index is 2.00. The number of rotatable bonds is 5. The van der Waals surface area contributed by atoms with Crippen molar-refractivity contribution in [2.45, 2.75) is 70.5 Å². The van der Waals surface area contributed by atoms with Crippen LogP contribution in [0.25, 0.3) is 0 Å². The van der Waals surface area contributed by atoms with Crippen LogP contribution in [0.2, 0.25) is 0 Å². The lowest BCUT2D eigenvalue weighted by Crippen LogP contribution is -2.57. The normalized spacial score (nSPS) is 36.5. The minimum absolute atomic E-state index is 0.708.